The van der Waals surface area contributed by atoms with Crippen LogP contribution in [0.15, 0.2) is 77.2 Å². The lowest BCUT2D eigenvalue weighted by Crippen LogP contribution is -2.48. The normalized spacial score (nSPS) is 13.5. The van der Waals surface area contributed by atoms with Crippen LogP contribution in [0.2, 0.25) is 0 Å². The highest BCUT2D eigenvalue weighted by Crippen LogP contribution is 2.33. The van der Waals surface area contributed by atoms with E-state index in [9.17, 15) is 9.59 Å². The topological polar surface area (TPSA) is 84.2 Å². The molecule has 1 aliphatic rings. The predicted octanol–water partition coefficient (Wildman–Crippen LogP) is 4.66. The third kappa shape index (κ3) is 4.57. The van der Waals surface area contributed by atoms with E-state index in [4.69, 9.17) is 13.9 Å². The minimum absolute atomic E-state index is 0.127. The van der Waals surface area contributed by atoms with Gasteiger partial charge in [0, 0.05) is 48.9 Å². The molecule has 0 unspecified atom stereocenters. The van der Waals surface area contributed by atoms with Crippen molar-refractivity contribution >= 4 is 34.2 Å². The van der Waals surface area contributed by atoms with Crippen LogP contribution in [0.3, 0.4) is 0 Å². The van der Waals surface area contributed by atoms with Gasteiger partial charge in [0.25, 0.3) is 11.8 Å². The Labute approximate surface area is 209 Å². The molecule has 2 heterocycles. The smallest absolute Gasteiger partial charge is 0.291 e. The van der Waals surface area contributed by atoms with E-state index in [0.717, 1.165) is 11.4 Å². The zero-order valence-electron chi connectivity index (χ0n) is 20.2. The Balaban J connectivity index is 1.37. The van der Waals surface area contributed by atoms with Crippen LogP contribution < -0.4 is 19.7 Å². The lowest BCUT2D eigenvalue weighted by Gasteiger charge is -2.36. The molecule has 2 amide bonds. The first-order valence-corrected chi connectivity index (χ1v) is 11.7. The summed E-state index contributed by atoms with van der Waals surface area (Å²) in [5.74, 6) is 0.895. The molecule has 1 N–H and O–H groups in total. The number of para-hydroxylation sites is 1. The molecular formula is C28H27N3O5. The quantitative estimate of drug-likeness (QED) is 0.428. The summed E-state index contributed by atoms with van der Waals surface area (Å²) in [5.41, 5.74) is 2.39. The minimum Gasteiger partial charge on any atom is -0.497 e. The molecule has 0 aliphatic carbocycles. The zero-order valence-corrected chi connectivity index (χ0v) is 20.2. The Kier molecular flexibility index (Phi) is 6.49. The first-order valence-electron chi connectivity index (χ1n) is 11.7. The summed E-state index contributed by atoms with van der Waals surface area (Å²) in [5, 5.41) is 3.58. The van der Waals surface area contributed by atoms with Crippen LogP contribution in [0.4, 0.5) is 11.4 Å². The molecule has 0 bridgehead atoms. The molecule has 8 nitrogen and oxygen atoms in total. The first kappa shape index (κ1) is 23.3. The summed E-state index contributed by atoms with van der Waals surface area (Å²) >= 11 is 0. The number of rotatable bonds is 6. The van der Waals surface area contributed by atoms with E-state index in [1.165, 1.54) is 0 Å². The third-order valence-electron chi connectivity index (χ3n) is 6.35. The van der Waals surface area contributed by atoms with Gasteiger partial charge in [-0.15, -0.1) is 0 Å². The monoisotopic (exact) mass is 485 g/mol. The number of amides is 2. The first-order chi connectivity index (χ1) is 17.6. The van der Waals surface area contributed by atoms with Crippen molar-refractivity contribution in [1.29, 1.82) is 0 Å². The number of carbonyl (C=O) groups excluding carboxylic acids is 2. The molecule has 1 aromatic heterocycles. The summed E-state index contributed by atoms with van der Waals surface area (Å²) in [7, 11) is 3.19. The van der Waals surface area contributed by atoms with Crippen LogP contribution in [0.5, 0.6) is 11.5 Å². The van der Waals surface area contributed by atoms with Gasteiger partial charge in [0.05, 0.1) is 14.2 Å². The summed E-state index contributed by atoms with van der Waals surface area (Å²) in [6.07, 6.45) is 0. The molecule has 5 rings (SSSR count). The Morgan fingerprint density at radius 3 is 2.28 bits per heavy atom. The van der Waals surface area contributed by atoms with Crippen LogP contribution >= 0.6 is 0 Å². The number of ether oxygens (including phenoxy) is 2. The van der Waals surface area contributed by atoms with Gasteiger partial charge in [0.2, 0.25) is 5.76 Å². The number of benzene rings is 3. The Hall–Kier alpha value is -4.46. The summed E-state index contributed by atoms with van der Waals surface area (Å²) in [6.45, 7) is 2.39. The number of nitrogens with zero attached hydrogens (tertiary/aromatic N) is 2. The van der Waals surface area contributed by atoms with Crippen molar-refractivity contribution in [2.45, 2.75) is 0 Å². The highest BCUT2D eigenvalue weighted by atomic mass is 16.5. The number of hydrogen-bond donors (Lipinski definition) is 1. The SMILES string of the molecule is COc1cccc(C(=O)Nc2c(C(=O)N3CCN(c4cccc(OC)c4)CC3)oc3ccccc23)c1. The van der Waals surface area contributed by atoms with Crippen LogP contribution in [-0.2, 0) is 0 Å². The largest absolute Gasteiger partial charge is 0.497 e. The maximum absolute atomic E-state index is 13.6. The standard InChI is InChI=1S/C28H27N3O5/c1-34-21-9-5-7-19(17-21)27(32)29-25-23-11-3-4-12-24(23)36-26(25)28(33)31-15-13-30(14-16-31)20-8-6-10-22(18-20)35-2/h3-12,17-18H,13-16H2,1-2H3,(H,29,32). The molecule has 0 spiro atoms. The van der Waals surface area contributed by atoms with E-state index in [0.29, 0.717) is 54.1 Å². The van der Waals surface area contributed by atoms with Crippen LogP contribution in [0, 0.1) is 0 Å². The number of anilines is 2. The summed E-state index contributed by atoms with van der Waals surface area (Å²) in [4.78, 5) is 30.6. The van der Waals surface area contributed by atoms with E-state index in [-0.39, 0.29) is 17.6 Å². The maximum Gasteiger partial charge on any atom is 0.291 e. The predicted molar refractivity (Wildman–Crippen MR) is 138 cm³/mol. The van der Waals surface area contributed by atoms with E-state index >= 15 is 0 Å². The lowest BCUT2D eigenvalue weighted by atomic mass is 10.1. The highest BCUT2D eigenvalue weighted by Gasteiger charge is 2.29. The molecule has 0 saturated carbocycles. The van der Waals surface area contributed by atoms with E-state index in [1.807, 2.05) is 42.5 Å². The number of fused-ring (bicyclic) bond motifs is 1. The van der Waals surface area contributed by atoms with Gasteiger partial charge in [-0.25, -0.2) is 0 Å². The highest BCUT2D eigenvalue weighted by molar-refractivity contribution is 6.14. The fourth-order valence-corrected chi connectivity index (χ4v) is 4.39. The average molecular weight is 486 g/mol. The lowest BCUT2D eigenvalue weighted by molar-refractivity contribution is 0.0718. The molecule has 1 fully saturated rings. The zero-order chi connectivity index (χ0) is 25.1. The van der Waals surface area contributed by atoms with E-state index < -0.39 is 0 Å². The van der Waals surface area contributed by atoms with Gasteiger partial charge >= 0.3 is 0 Å². The van der Waals surface area contributed by atoms with Crippen molar-refractivity contribution in [3.8, 4) is 11.5 Å². The van der Waals surface area contributed by atoms with Crippen LogP contribution in [0.25, 0.3) is 11.0 Å². The third-order valence-corrected chi connectivity index (χ3v) is 6.35. The Morgan fingerprint density at radius 2 is 1.53 bits per heavy atom. The van der Waals surface area contributed by atoms with Crippen molar-refractivity contribution in [2.24, 2.45) is 0 Å². The molecule has 0 radical (unpaired) electrons. The van der Waals surface area contributed by atoms with Crippen molar-refractivity contribution in [3.05, 3.63) is 84.1 Å². The average Bonchev–Trinajstić information content (AvgIpc) is 3.31. The number of furan rings is 1. The van der Waals surface area contributed by atoms with Gasteiger partial charge in [0.1, 0.15) is 22.8 Å². The molecule has 3 aromatic carbocycles. The summed E-state index contributed by atoms with van der Waals surface area (Å²) in [6, 6.07) is 22.0. The number of hydrogen-bond acceptors (Lipinski definition) is 6. The van der Waals surface area contributed by atoms with Gasteiger partial charge in [-0.1, -0.05) is 24.3 Å². The van der Waals surface area contributed by atoms with Crippen LogP contribution in [0.1, 0.15) is 20.9 Å². The molecule has 1 aliphatic heterocycles. The molecule has 0 atom stereocenters. The second-order valence-electron chi connectivity index (χ2n) is 8.47. The number of nitrogens with one attached hydrogen (secondary N) is 1. The van der Waals surface area contributed by atoms with Gasteiger partial charge in [-0.3, -0.25) is 9.59 Å². The van der Waals surface area contributed by atoms with Crippen LogP contribution in [-0.4, -0.2) is 57.1 Å². The number of piperazine rings is 1. The number of methoxy groups -OCH3 is 2. The van der Waals surface area contributed by atoms with Gasteiger partial charge in [-0.05, 0) is 42.5 Å². The van der Waals surface area contributed by atoms with Gasteiger partial charge in [-0.2, -0.15) is 0 Å². The fraction of sp³-hybridized carbons (Fsp3) is 0.214. The molecular weight excluding hydrogens is 458 g/mol. The van der Waals surface area contributed by atoms with Crippen molar-refractivity contribution < 1.29 is 23.5 Å². The van der Waals surface area contributed by atoms with Gasteiger partial charge in [0.15, 0.2) is 0 Å². The summed E-state index contributed by atoms with van der Waals surface area (Å²) < 4.78 is 16.5. The van der Waals surface area contributed by atoms with Gasteiger partial charge < -0.3 is 29.0 Å². The van der Waals surface area contributed by atoms with Crippen molar-refractivity contribution in [1.82, 2.24) is 4.90 Å². The molecule has 1 saturated heterocycles. The molecule has 184 valence electrons. The fourth-order valence-electron chi connectivity index (χ4n) is 4.39. The Morgan fingerprint density at radius 1 is 0.833 bits per heavy atom. The maximum atomic E-state index is 13.6. The van der Waals surface area contributed by atoms with Crippen molar-refractivity contribution in [2.75, 3.05) is 50.6 Å². The van der Waals surface area contributed by atoms with E-state index in [1.54, 1.807) is 49.5 Å². The van der Waals surface area contributed by atoms with E-state index in [2.05, 4.69) is 10.2 Å². The molecule has 36 heavy (non-hydrogen) atoms. The molecule has 4 aromatic rings. The second kappa shape index (κ2) is 10.0. The minimum atomic E-state index is -0.350. The Bertz CT molecular complexity index is 1410. The second-order valence-corrected chi connectivity index (χ2v) is 8.47. The number of carbonyl (C=O) groups is 2. The van der Waals surface area contributed by atoms with Crippen molar-refractivity contribution in [3.63, 3.8) is 0 Å². The molecule has 8 heteroatoms.